The second kappa shape index (κ2) is 6.18. The van der Waals surface area contributed by atoms with Crippen LogP contribution in [0.1, 0.15) is 50.9 Å². The first-order valence-corrected chi connectivity index (χ1v) is 8.96. The molecule has 112 valence electrons. The SMILES string of the molecule is CCc1nn(CC)c(CNCC2CC3CCC2C3)c1Br. The van der Waals surface area contributed by atoms with E-state index >= 15 is 0 Å². The monoisotopic (exact) mass is 339 g/mol. The van der Waals surface area contributed by atoms with Crippen LogP contribution < -0.4 is 5.32 Å². The lowest BCUT2D eigenvalue weighted by Crippen LogP contribution is -2.27. The molecule has 3 rings (SSSR count). The lowest BCUT2D eigenvalue weighted by Gasteiger charge is -2.22. The summed E-state index contributed by atoms with van der Waals surface area (Å²) >= 11 is 3.73. The first-order chi connectivity index (χ1) is 9.72. The van der Waals surface area contributed by atoms with Gasteiger partial charge >= 0.3 is 0 Å². The van der Waals surface area contributed by atoms with E-state index in [9.17, 15) is 0 Å². The predicted molar refractivity (Wildman–Crippen MR) is 85.6 cm³/mol. The van der Waals surface area contributed by atoms with E-state index < -0.39 is 0 Å². The van der Waals surface area contributed by atoms with Gasteiger partial charge in [0.1, 0.15) is 0 Å². The van der Waals surface area contributed by atoms with Crippen molar-refractivity contribution in [2.75, 3.05) is 6.54 Å². The zero-order chi connectivity index (χ0) is 14.1. The Labute approximate surface area is 130 Å². The molecule has 2 saturated carbocycles. The largest absolute Gasteiger partial charge is 0.311 e. The molecule has 3 atom stereocenters. The first-order valence-electron chi connectivity index (χ1n) is 8.17. The molecule has 3 unspecified atom stereocenters. The van der Waals surface area contributed by atoms with Gasteiger partial charge in [-0.1, -0.05) is 13.3 Å². The molecular weight excluding hydrogens is 314 g/mol. The number of aryl methyl sites for hydroxylation is 2. The standard InChI is InChI=1S/C16H26BrN3/c1-3-14-16(17)15(20(4-2)19-14)10-18-9-13-8-11-5-6-12(13)7-11/h11-13,18H,3-10H2,1-2H3. The van der Waals surface area contributed by atoms with Gasteiger partial charge in [0.2, 0.25) is 0 Å². The van der Waals surface area contributed by atoms with Crippen molar-refractivity contribution < 1.29 is 0 Å². The van der Waals surface area contributed by atoms with Crippen LogP contribution in [0.5, 0.6) is 0 Å². The van der Waals surface area contributed by atoms with Gasteiger partial charge in [0.15, 0.2) is 0 Å². The number of hydrogen-bond acceptors (Lipinski definition) is 2. The molecule has 0 radical (unpaired) electrons. The molecule has 2 aliphatic rings. The molecule has 0 aromatic carbocycles. The van der Waals surface area contributed by atoms with Gasteiger partial charge in [0, 0.05) is 13.1 Å². The molecule has 3 nitrogen and oxygen atoms in total. The Kier molecular flexibility index (Phi) is 4.51. The molecule has 0 amide bonds. The molecule has 4 heteroatoms. The minimum Gasteiger partial charge on any atom is -0.311 e. The van der Waals surface area contributed by atoms with Gasteiger partial charge in [0.05, 0.1) is 15.9 Å². The topological polar surface area (TPSA) is 29.9 Å². The molecule has 1 N–H and O–H groups in total. The average molecular weight is 340 g/mol. The summed E-state index contributed by atoms with van der Waals surface area (Å²) in [5, 5.41) is 8.36. The maximum absolute atomic E-state index is 4.67. The van der Waals surface area contributed by atoms with Crippen LogP contribution in [0.15, 0.2) is 4.47 Å². The van der Waals surface area contributed by atoms with Crippen molar-refractivity contribution in [1.82, 2.24) is 15.1 Å². The van der Waals surface area contributed by atoms with E-state index in [4.69, 9.17) is 0 Å². The summed E-state index contributed by atoms with van der Waals surface area (Å²) in [4.78, 5) is 0. The highest BCUT2D eigenvalue weighted by molar-refractivity contribution is 9.10. The third kappa shape index (κ3) is 2.69. The van der Waals surface area contributed by atoms with Crippen LogP contribution in [0, 0.1) is 17.8 Å². The normalized spacial score (nSPS) is 28.4. The Bertz CT molecular complexity index is 469. The quantitative estimate of drug-likeness (QED) is 0.855. The third-order valence-corrected chi connectivity index (χ3v) is 6.19. The lowest BCUT2D eigenvalue weighted by atomic mass is 9.89. The molecule has 0 aliphatic heterocycles. The number of halogens is 1. The highest BCUT2D eigenvalue weighted by Gasteiger charge is 2.38. The smallest absolute Gasteiger partial charge is 0.0767 e. The van der Waals surface area contributed by atoms with Crippen molar-refractivity contribution in [3.8, 4) is 0 Å². The summed E-state index contributed by atoms with van der Waals surface area (Å²) in [6, 6.07) is 0. The summed E-state index contributed by atoms with van der Waals surface area (Å²) in [5.41, 5.74) is 2.50. The summed E-state index contributed by atoms with van der Waals surface area (Å²) in [6.45, 7) is 7.40. The van der Waals surface area contributed by atoms with Crippen molar-refractivity contribution in [3.05, 3.63) is 15.9 Å². The van der Waals surface area contributed by atoms with Crippen molar-refractivity contribution in [2.24, 2.45) is 17.8 Å². The average Bonchev–Trinajstić information content (AvgIpc) is 3.14. The second-order valence-corrected chi connectivity index (χ2v) is 7.24. The zero-order valence-electron chi connectivity index (χ0n) is 12.7. The fourth-order valence-corrected chi connectivity index (χ4v) is 4.89. The first kappa shape index (κ1) is 14.6. The molecule has 2 fully saturated rings. The van der Waals surface area contributed by atoms with Crippen molar-refractivity contribution in [2.45, 2.75) is 59.0 Å². The van der Waals surface area contributed by atoms with Crippen molar-refractivity contribution >= 4 is 15.9 Å². The number of nitrogens with zero attached hydrogens (tertiary/aromatic N) is 2. The Morgan fingerprint density at radius 2 is 2.15 bits per heavy atom. The molecule has 1 aromatic heterocycles. The summed E-state index contributed by atoms with van der Waals surface area (Å²) < 4.78 is 3.35. The number of hydrogen-bond donors (Lipinski definition) is 1. The molecule has 0 spiro atoms. The Morgan fingerprint density at radius 1 is 1.30 bits per heavy atom. The van der Waals surface area contributed by atoms with Gasteiger partial charge < -0.3 is 5.32 Å². The minimum absolute atomic E-state index is 0.927. The van der Waals surface area contributed by atoms with Crippen LogP contribution in [0.2, 0.25) is 0 Å². The van der Waals surface area contributed by atoms with Gasteiger partial charge in [-0.2, -0.15) is 5.10 Å². The Hall–Kier alpha value is -0.350. The summed E-state index contributed by atoms with van der Waals surface area (Å²) in [5.74, 6) is 2.99. The highest BCUT2D eigenvalue weighted by atomic mass is 79.9. The van der Waals surface area contributed by atoms with E-state index in [0.29, 0.717) is 0 Å². The van der Waals surface area contributed by atoms with Crippen LogP contribution >= 0.6 is 15.9 Å². The minimum atomic E-state index is 0.927. The van der Waals surface area contributed by atoms with Crippen LogP contribution in [-0.4, -0.2) is 16.3 Å². The van der Waals surface area contributed by atoms with Gasteiger partial charge in [-0.25, -0.2) is 0 Å². The van der Waals surface area contributed by atoms with Gasteiger partial charge in [0.25, 0.3) is 0 Å². The van der Waals surface area contributed by atoms with E-state index in [1.54, 1.807) is 0 Å². The predicted octanol–water partition coefficient (Wildman–Crippen LogP) is 3.75. The Morgan fingerprint density at radius 3 is 2.75 bits per heavy atom. The summed E-state index contributed by atoms with van der Waals surface area (Å²) in [7, 11) is 0. The van der Waals surface area contributed by atoms with Gasteiger partial charge in [-0.05, 0) is 72.8 Å². The molecule has 1 heterocycles. The van der Waals surface area contributed by atoms with Gasteiger partial charge in [-0.15, -0.1) is 0 Å². The van der Waals surface area contributed by atoms with Crippen LogP contribution in [-0.2, 0) is 19.5 Å². The summed E-state index contributed by atoms with van der Waals surface area (Å²) in [6.07, 6.45) is 6.94. The number of nitrogens with one attached hydrogen (secondary N) is 1. The number of fused-ring (bicyclic) bond motifs is 2. The third-order valence-electron chi connectivity index (χ3n) is 5.28. The van der Waals surface area contributed by atoms with Crippen LogP contribution in [0.25, 0.3) is 0 Å². The van der Waals surface area contributed by atoms with E-state index in [-0.39, 0.29) is 0 Å². The van der Waals surface area contributed by atoms with Crippen LogP contribution in [0.4, 0.5) is 0 Å². The van der Waals surface area contributed by atoms with E-state index in [1.165, 1.54) is 48.1 Å². The number of aromatic nitrogens is 2. The van der Waals surface area contributed by atoms with Crippen LogP contribution in [0.3, 0.4) is 0 Å². The maximum atomic E-state index is 4.67. The van der Waals surface area contributed by atoms with E-state index in [0.717, 1.165) is 37.3 Å². The molecule has 2 bridgehead atoms. The zero-order valence-corrected chi connectivity index (χ0v) is 14.2. The lowest BCUT2D eigenvalue weighted by molar-refractivity contribution is 0.317. The number of rotatable bonds is 6. The van der Waals surface area contributed by atoms with E-state index in [2.05, 4.69) is 44.9 Å². The molecule has 20 heavy (non-hydrogen) atoms. The van der Waals surface area contributed by atoms with Crippen molar-refractivity contribution in [3.63, 3.8) is 0 Å². The molecule has 0 saturated heterocycles. The Balaban J connectivity index is 1.57. The fourth-order valence-electron chi connectivity index (χ4n) is 4.19. The highest BCUT2D eigenvalue weighted by Crippen LogP contribution is 2.47. The second-order valence-electron chi connectivity index (χ2n) is 6.44. The van der Waals surface area contributed by atoms with Gasteiger partial charge in [-0.3, -0.25) is 4.68 Å². The van der Waals surface area contributed by atoms with E-state index in [1.807, 2.05) is 0 Å². The van der Waals surface area contributed by atoms with Crippen molar-refractivity contribution in [1.29, 1.82) is 0 Å². The molecule has 1 aromatic rings. The molecule has 2 aliphatic carbocycles. The molecular formula is C16H26BrN3. The maximum Gasteiger partial charge on any atom is 0.0767 e. The fraction of sp³-hybridized carbons (Fsp3) is 0.812.